The molecule has 6 heteroatoms. The van der Waals surface area contributed by atoms with Crippen LogP contribution in [0.15, 0.2) is 54.3 Å². The van der Waals surface area contributed by atoms with Crippen LogP contribution in [-0.4, -0.2) is 30.0 Å². The molecule has 1 aromatic heterocycles. The Hall–Kier alpha value is -2.44. The van der Waals surface area contributed by atoms with Gasteiger partial charge in [0.05, 0.1) is 17.0 Å². The number of nitrogens with zero attached hydrogens (tertiary/aromatic N) is 1. The number of hydrogen-bond donors (Lipinski definition) is 3. The lowest BCUT2D eigenvalue weighted by Crippen LogP contribution is -2.27. The molecule has 1 unspecified atom stereocenters. The summed E-state index contributed by atoms with van der Waals surface area (Å²) in [6.07, 6.45) is 11.1. The van der Waals surface area contributed by atoms with Crippen molar-refractivity contribution >= 4 is 17.6 Å². The Morgan fingerprint density at radius 2 is 2.09 bits per heavy atom. The van der Waals surface area contributed by atoms with Gasteiger partial charge < -0.3 is 16.2 Å². The van der Waals surface area contributed by atoms with Crippen LogP contribution in [0.1, 0.15) is 60.6 Å². The van der Waals surface area contributed by atoms with Gasteiger partial charge in [-0.15, -0.1) is 11.3 Å². The molecule has 0 spiro atoms. The summed E-state index contributed by atoms with van der Waals surface area (Å²) in [5.74, 6) is 0.698. The van der Waals surface area contributed by atoms with Crippen LogP contribution < -0.4 is 11.1 Å². The van der Waals surface area contributed by atoms with Crippen LogP contribution in [0, 0.1) is 18.3 Å². The van der Waals surface area contributed by atoms with E-state index in [1.165, 1.54) is 29.0 Å². The van der Waals surface area contributed by atoms with E-state index in [1.807, 2.05) is 25.4 Å². The summed E-state index contributed by atoms with van der Waals surface area (Å²) in [6, 6.07) is 4.15. The van der Waals surface area contributed by atoms with E-state index in [2.05, 4.69) is 50.6 Å². The van der Waals surface area contributed by atoms with Crippen molar-refractivity contribution < 1.29 is 9.90 Å². The third-order valence-corrected chi connectivity index (χ3v) is 5.59. The Bertz CT molecular complexity index is 815. The molecule has 178 valence electrons. The van der Waals surface area contributed by atoms with Gasteiger partial charge >= 0.3 is 0 Å². The summed E-state index contributed by atoms with van der Waals surface area (Å²) >= 11 is 1.40. The van der Waals surface area contributed by atoms with Crippen molar-refractivity contribution in [3.05, 3.63) is 76.0 Å². The Morgan fingerprint density at radius 3 is 2.53 bits per heavy atom. The van der Waals surface area contributed by atoms with Gasteiger partial charge in [0, 0.05) is 18.4 Å². The van der Waals surface area contributed by atoms with Gasteiger partial charge in [-0.3, -0.25) is 9.78 Å². The van der Waals surface area contributed by atoms with Gasteiger partial charge in [-0.1, -0.05) is 39.5 Å². The summed E-state index contributed by atoms with van der Waals surface area (Å²) in [6.45, 7) is 14.3. The number of rotatable bonds is 4. The number of nitrogens with one attached hydrogen (secondary N) is 1. The molecular formula is C26H41N3O2S. The molecular weight excluding hydrogens is 418 g/mol. The molecule has 0 saturated carbocycles. The standard InChI is InChI=1S/C17H23NOS.C5H9N.C4H9NO/c1-12-7-13-9-14(17(2,3)4)5-6-16(13)18-11-20-15(8-12)10-19;1-3-4-5-6-2;1-4(5)2-3-6/h7-8,10-11,14H,5-6,9H2,1-4H3;3-6H,1H2,2H3;2,6H,3,5H2,1H3/b;5-4+;4-2+. The molecule has 1 aliphatic rings. The summed E-state index contributed by atoms with van der Waals surface area (Å²) in [5, 5.41) is 10.9. The van der Waals surface area contributed by atoms with Gasteiger partial charge in [-0.2, -0.15) is 0 Å². The zero-order valence-corrected chi connectivity index (χ0v) is 21.3. The number of aliphatic hydroxyl groups excluding tert-OH is 1. The molecule has 0 aliphatic heterocycles. The van der Waals surface area contributed by atoms with Crippen LogP contribution in [0.4, 0.5) is 0 Å². The number of hydrogen-bond acceptors (Lipinski definition) is 6. The van der Waals surface area contributed by atoms with Crippen LogP contribution in [0.25, 0.3) is 0 Å². The second-order valence-corrected chi connectivity index (χ2v) is 9.62. The van der Waals surface area contributed by atoms with E-state index in [0.717, 1.165) is 29.6 Å². The molecule has 4 N–H and O–H groups in total. The van der Waals surface area contributed by atoms with Crippen molar-refractivity contribution in [1.82, 2.24) is 10.3 Å². The lowest BCUT2D eigenvalue weighted by Gasteiger charge is -2.34. The predicted molar refractivity (Wildman–Crippen MR) is 138 cm³/mol. The number of fused-ring (bicyclic) bond motifs is 1. The minimum atomic E-state index is 0.0440. The van der Waals surface area contributed by atoms with Crippen molar-refractivity contribution in [2.45, 2.75) is 53.9 Å². The van der Waals surface area contributed by atoms with E-state index in [1.54, 1.807) is 24.6 Å². The molecule has 5 nitrogen and oxygen atoms in total. The maximum Gasteiger partial charge on any atom is 0.160 e. The van der Waals surface area contributed by atoms with E-state index in [9.17, 15) is 4.79 Å². The van der Waals surface area contributed by atoms with Crippen LogP contribution >= 0.6 is 11.3 Å². The minimum absolute atomic E-state index is 0.0440. The monoisotopic (exact) mass is 459 g/mol. The SMILES string of the molecule is C/C(N)=C\CO.C=C/C=C/NC.Cc1cc(C=O)scnc2c(c1)CC(C(C)(C)C)CC2. The average Bonchev–Trinajstić information content (AvgIpc) is 2.79. The van der Waals surface area contributed by atoms with Gasteiger partial charge in [0.1, 0.15) is 0 Å². The number of carbonyl (C=O) groups is 1. The second-order valence-electron chi connectivity index (χ2n) is 8.70. The first-order valence-electron chi connectivity index (χ1n) is 10.8. The number of carbonyl (C=O) groups excluding carboxylic acids is 1. The molecule has 0 fully saturated rings. The molecule has 0 bridgehead atoms. The largest absolute Gasteiger partial charge is 0.402 e. The molecule has 1 heterocycles. The van der Waals surface area contributed by atoms with Gasteiger partial charge in [0.2, 0.25) is 0 Å². The summed E-state index contributed by atoms with van der Waals surface area (Å²) < 4.78 is 0. The zero-order valence-electron chi connectivity index (χ0n) is 20.5. The number of allylic oxidation sites excluding steroid dienone is 3. The highest BCUT2D eigenvalue weighted by molar-refractivity contribution is 7.11. The Kier molecular flexibility index (Phi) is 15.0. The molecule has 1 atom stereocenters. The van der Waals surface area contributed by atoms with Gasteiger partial charge in [-0.25, -0.2) is 0 Å². The van der Waals surface area contributed by atoms with Crippen molar-refractivity contribution in [2.24, 2.45) is 17.1 Å². The van der Waals surface area contributed by atoms with Crippen LogP contribution in [0.2, 0.25) is 0 Å². The normalized spacial score (nSPS) is 15.2. The fourth-order valence-electron chi connectivity index (χ4n) is 3.08. The zero-order chi connectivity index (χ0) is 24.6. The lowest BCUT2D eigenvalue weighted by atomic mass is 9.71. The fraction of sp³-hybridized carbons (Fsp3) is 0.462. The quantitative estimate of drug-likeness (QED) is 0.421. The number of aliphatic hydroxyl groups is 1. The van der Waals surface area contributed by atoms with E-state index >= 15 is 0 Å². The smallest absolute Gasteiger partial charge is 0.160 e. The number of aldehydes is 1. The van der Waals surface area contributed by atoms with Crippen LogP contribution in [-0.2, 0) is 12.8 Å². The number of aromatic nitrogens is 1. The Labute approximate surface area is 198 Å². The van der Waals surface area contributed by atoms with E-state index < -0.39 is 0 Å². The molecule has 32 heavy (non-hydrogen) atoms. The van der Waals surface area contributed by atoms with Gasteiger partial charge in [0.15, 0.2) is 6.29 Å². The van der Waals surface area contributed by atoms with Gasteiger partial charge in [0.25, 0.3) is 0 Å². The predicted octanol–water partition coefficient (Wildman–Crippen LogP) is 5.29. The molecule has 1 aliphatic carbocycles. The maximum absolute atomic E-state index is 11.0. The first-order valence-corrected chi connectivity index (χ1v) is 11.7. The fourth-order valence-corrected chi connectivity index (χ4v) is 3.69. The highest BCUT2D eigenvalue weighted by Gasteiger charge is 2.28. The van der Waals surface area contributed by atoms with E-state index in [4.69, 9.17) is 10.8 Å². The Morgan fingerprint density at radius 1 is 1.41 bits per heavy atom. The van der Waals surface area contributed by atoms with E-state index in [0.29, 0.717) is 17.0 Å². The van der Waals surface area contributed by atoms with E-state index in [-0.39, 0.29) is 6.61 Å². The topological polar surface area (TPSA) is 88.2 Å². The number of nitrogens with two attached hydrogens (primary N) is 1. The third-order valence-electron chi connectivity index (χ3n) is 4.89. The first-order chi connectivity index (χ1) is 15.1. The number of aryl methyl sites for hydroxylation is 2. The molecule has 0 amide bonds. The van der Waals surface area contributed by atoms with Crippen LogP contribution in [0.3, 0.4) is 0 Å². The van der Waals surface area contributed by atoms with Crippen molar-refractivity contribution in [2.75, 3.05) is 13.7 Å². The highest BCUT2D eigenvalue weighted by Crippen LogP contribution is 2.36. The molecule has 1 aromatic rings. The van der Waals surface area contributed by atoms with Crippen molar-refractivity contribution in [3.63, 3.8) is 0 Å². The van der Waals surface area contributed by atoms with Crippen LogP contribution in [0.5, 0.6) is 0 Å². The molecule has 2 rings (SSSR count). The maximum atomic E-state index is 11.0. The summed E-state index contributed by atoms with van der Waals surface area (Å²) in [7, 11) is 1.85. The summed E-state index contributed by atoms with van der Waals surface area (Å²) in [4.78, 5) is 16.3. The minimum Gasteiger partial charge on any atom is -0.402 e. The first kappa shape index (κ1) is 29.6. The molecule has 0 saturated heterocycles. The average molecular weight is 460 g/mol. The Balaban J connectivity index is 0.000000662. The summed E-state index contributed by atoms with van der Waals surface area (Å²) in [5.41, 5.74) is 11.6. The second kappa shape index (κ2) is 16.2. The third kappa shape index (κ3) is 13.1. The van der Waals surface area contributed by atoms with Gasteiger partial charge in [-0.05, 0) is 80.0 Å². The molecule has 0 radical (unpaired) electrons. The van der Waals surface area contributed by atoms with Crippen molar-refractivity contribution in [3.8, 4) is 0 Å². The lowest BCUT2D eigenvalue weighted by molar-refractivity contribution is 0.112. The van der Waals surface area contributed by atoms with Crippen molar-refractivity contribution in [1.29, 1.82) is 0 Å². The molecule has 0 aromatic carbocycles. The highest BCUT2D eigenvalue weighted by atomic mass is 32.1.